The van der Waals surface area contributed by atoms with Crippen LogP contribution < -0.4 is 0 Å². The van der Waals surface area contributed by atoms with Gasteiger partial charge in [-0.05, 0) is 70.2 Å². The van der Waals surface area contributed by atoms with Crippen LogP contribution in [0.15, 0.2) is 0 Å². The van der Waals surface area contributed by atoms with Gasteiger partial charge >= 0.3 is 0 Å². The van der Waals surface area contributed by atoms with Crippen molar-refractivity contribution in [1.82, 2.24) is 9.80 Å². The number of aliphatic hydroxyl groups excluding tert-OH is 1. The Morgan fingerprint density at radius 2 is 1.55 bits per heavy atom. The third-order valence-corrected chi connectivity index (χ3v) is 4.99. The van der Waals surface area contributed by atoms with Crippen molar-refractivity contribution in [1.29, 1.82) is 0 Å². The van der Waals surface area contributed by atoms with E-state index in [0.717, 1.165) is 38.5 Å². The Morgan fingerprint density at radius 1 is 0.950 bits per heavy atom. The van der Waals surface area contributed by atoms with Crippen molar-refractivity contribution in [3.05, 3.63) is 0 Å². The molecule has 0 bridgehead atoms. The zero-order valence-corrected chi connectivity index (χ0v) is 14.1. The molecule has 3 unspecified atom stereocenters. The van der Waals surface area contributed by atoms with E-state index < -0.39 is 0 Å². The maximum absolute atomic E-state index is 10.2. The van der Waals surface area contributed by atoms with E-state index in [1.54, 1.807) is 0 Å². The second kappa shape index (κ2) is 9.75. The Labute approximate surface area is 126 Å². The first kappa shape index (κ1) is 17.9. The van der Waals surface area contributed by atoms with E-state index in [2.05, 4.69) is 37.5 Å². The summed E-state index contributed by atoms with van der Waals surface area (Å²) in [6, 6.07) is 0. The highest BCUT2D eigenvalue weighted by Crippen LogP contribution is 2.29. The Morgan fingerprint density at radius 3 is 2.15 bits per heavy atom. The number of rotatable bonds is 9. The van der Waals surface area contributed by atoms with E-state index in [1.807, 2.05) is 0 Å². The summed E-state index contributed by atoms with van der Waals surface area (Å²) in [7, 11) is 0. The molecule has 1 fully saturated rings. The van der Waals surface area contributed by atoms with Crippen LogP contribution in [0.3, 0.4) is 0 Å². The summed E-state index contributed by atoms with van der Waals surface area (Å²) in [5.74, 6) is 1.28. The third-order valence-electron chi connectivity index (χ3n) is 4.99. The molecule has 20 heavy (non-hydrogen) atoms. The average molecular weight is 284 g/mol. The molecular formula is C17H36N2O. The van der Waals surface area contributed by atoms with Gasteiger partial charge in [-0.15, -0.1) is 0 Å². The molecule has 0 aromatic rings. The summed E-state index contributed by atoms with van der Waals surface area (Å²) in [4.78, 5) is 5.03. The van der Waals surface area contributed by atoms with E-state index in [4.69, 9.17) is 0 Å². The topological polar surface area (TPSA) is 26.7 Å². The largest absolute Gasteiger partial charge is 0.393 e. The zero-order chi connectivity index (χ0) is 15.0. The van der Waals surface area contributed by atoms with E-state index in [-0.39, 0.29) is 6.10 Å². The van der Waals surface area contributed by atoms with Crippen molar-refractivity contribution in [2.24, 2.45) is 11.8 Å². The van der Waals surface area contributed by atoms with Gasteiger partial charge in [-0.1, -0.05) is 27.7 Å². The number of hydrogen-bond acceptors (Lipinski definition) is 3. The highest BCUT2D eigenvalue weighted by Gasteiger charge is 2.28. The lowest BCUT2D eigenvalue weighted by Gasteiger charge is -2.35. The smallest absolute Gasteiger partial charge is 0.0580 e. The van der Waals surface area contributed by atoms with Gasteiger partial charge < -0.3 is 14.9 Å². The molecule has 120 valence electrons. The monoisotopic (exact) mass is 284 g/mol. The SMILES string of the molecule is CCN(CC)CCCN(CC)CC1CC(C)CCC1O. The molecule has 0 amide bonds. The third kappa shape index (κ3) is 6.11. The standard InChI is InChI=1S/C17H36N2O/c1-5-18(6-2)11-8-12-19(7-3)14-16-13-15(4)9-10-17(16)20/h15-17,20H,5-14H2,1-4H3. The molecule has 3 nitrogen and oxygen atoms in total. The molecule has 1 aliphatic carbocycles. The molecule has 1 N–H and O–H groups in total. The van der Waals surface area contributed by atoms with Gasteiger partial charge in [0, 0.05) is 6.54 Å². The Kier molecular flexibility index (Phi) is 8.74. The molecule has 0 aromatic carbocycles. The number of aliphatic hydroxyl groups is 1. The molecule has 3 heteroatoms. The van der Waals surface area contributed by atoms with Crippen LogP contribution in [0.25, 0.3) is 0 Å². The molecule has 1 saturated carbocycles. The number of nitrogens with zero attached hydrogens (tertiary/aromatic N) is 2. The molecule has 0 heterocycles. The van der Waals surface area contributed by atoms with E-state index in [9.17, 15) is 5.11 Å². The van der Waals surface area contributed by atoms with Gasteiger partial charge in [0.2, 0.25) is 0 Å². The lowest BCUT2D eigenvalue weighted by atomic mass is 9.80. The summed E-state index contributed by atoms with van der Waals surface area (Å²) in [6.07, 6.45) is 4.58. The van der Waals surface area contributed by atoms with Crippen LogP contribution in [0.2, 0.25) is 0 Å². The van der Waals surface area contributed by atoms with Gasteiger partial charge in [-0.25, -0.2) is 0 Å². The van der Waals surface area contributed by atoms with Crippen LogP contribution in [-0.2, 0) is 0 Å². The van der Waals surface area contributed by atoms with Gasteiger partial charge in [0.1, 0.15) is 0 Å². The molecule has 1 rings (SSSR count). The van der Waals surface area contributed by atoms with Crippen molar-refractivity contribution in [3.63, 3.8) is 0 Å². The van der Waals surface area contributed by atoms with Crippen LogP contribution in [0.5, 0.6) is 0 Å². The van der Waals surface area contributed by atoms with Crippen LogP contribution >= 0.6 is 0 Å². The first-order valence-electron chi connectivity index (χ1n) is 8.73. The van der Waals surface area contributed by atoms with Crippen molar-refractivity contribution >= 4 is 0 Å². The predicted molar refractivity (Wildman–Crippen MR) is 87.0 cm³/mol. The van der Waals surface area contributed by atoms with Gasteiger partial charge in [0.05, 0.1) is 6.10 Å². The minimum Gasteiger partial charge on any atom is -0.393 e. The van der Waals surface area contributed by atoms with Crippen LogP contribution in [0.1, 0.15) is 53.4 Å². The van der Waals surface area contributed by atoms with Crippen molar-refractivity contribution in [3.8, 4) is 0 Å². The van der Waals surface area contributed by atoms with Crippen LogP contribution in [0.4, 0.5) is 0 Å². The summed E-state index contributed by atoms with van der Waals surface area (Å²) in [5.41, 5.74) is 0. The maximum atomic E-state index is 10.2. The molecule has 1 aliphatic rings. The maximum Gasteiger partial charge on any atom is 0.0580 e. The molecule has 0 radical (unpaired) electrons. The van der Waals surface area contributed by atoms with E-state index in [0.29, 0.717) is 5.92 Å². The normalized spacial score (nSPS) is 27.4. The number of hydrogen-bond donors (Lipinski definition) is 1. The summed E-state index contributed by atoms with van der Waals surface area (Å²) in [5, 5.41) is 10.2. The van der Waals surface area contributed by atoms with Crippen molar-refractivity contribution < 1.29 is 5.11 Å². The van der Waals surface area contributed by atoms with Gasteiger partial charge in [0.15, 0.2) is 0 Å². The fourth-order valence-electron chi connectivity index (χ4n) is 3.45. The molecule has 0 aromatic heterocycles. The Bertz CT molecular complexity index is 243. The average Bonchev–Trinajstić information content (AvgIpc) is 2.46. The molecule has 3 atom stereocenters. The molecule has 0 saturated heterocycles. The highest BCUT2D eigenvalue weighted by molar-refractivity contribution is 4.80. The van der Waals surface area contributed by atoms with Crippen LogP contribution in [0, 0.1) is 11.8 Å². The lowest BCUT2D eigenvalue weighted by Crippen LogP contribution is -2.39. The quantitative estimate of drug-likeness (QED) is 0.705. The lowest BCUT2D eigenvalue weighted by molar-refractivity contribution is 0.0308. The molecule has 0 aliphatic heterocycles. The van der Waals surface area contributed by atoms with Gasteiger partial charge in [0.25, 0.3) is 0 Å². The van der Waals surface area contributed by atoms with Gasteiger partial charge in [-0.3, -0.25) is 0 Å². The Hall–Kier alpha value is -0.120. The fourth-order valence-corrected chi connectivity index (χ4v) is 3.45. The Balaban J connectivity index is 2.31. The minimum absolute atomic E-state index is 0.0666. The second-order valence-corrected chi connectivity index (χ2v) is 6.52. The van der Waals surface area contributed by atoms with Crippen LogP contribution in [-0.4, -0.2) is 60.3 Å². The van der Waals surface area contributed by atoms with Gasteiger partial charge in [-0.2, -0.15) is 0 Å². The van der Waals surface area contributed by atoms with Crippen molar-refractivity contribution in [2.75, 3.05) is 39.3 Å². The zero-order valence-electron chi connectivity index (χ0n) is 14.1. The predicted octanol–water partition coefficient (Wildman–Crippen LogP) is 2.84. The molecular weight excluding hydrogens is 248 g/mol. The minimum atomic E-state index is -0.0666. The fraction of sp³-hybridized carbons (Fsp3) is 1.00. The summed E-state index contributed by atoms with van der Waals surface area (Å²) < 4.78 is 0. The summed E-state index contributed by atoms with van der Waals surface area (Å²) >= 11 is 0. The second-order valence-electron chi connectivity index (χ2n) is 6.52. The van der Waals surface area contributed by atoms with Crippen molar-refractivity contribution in [2.45, 2.75) is 59.5 Å². The first-order valence-corrected chi connectivity index (χ1v) is 8.73. The highest BCUT2D eigenvalue weighted by atomic mass is 16.3. The first-order chi connectivity index (χ1) is 9.60. The van der Waals surface area contributed by atoms with E-state index >= 15 is 0 Å². The van der Waals surface area contributed by atoms with E-state index in [1.165, 1.54) is 32.4 Å². The summed E-state index contributed by atoms with van der Waals surface area (Å²) in [6.45, 7) is 15.9. The molecule has 0 spiro atoms.